The van der Waals surface area contributed by atoms with E-state index in [0.717, 1.165) is 10.9 Å². The SMILES string of the molecule is CC(=O)N1CCN(C(=O)c2ccc3cc[nH]c3c2)[C@@H]2CS(=O)(=O)C[C@@H]21. The maximum absolute atomic E-state index is 13.0. The molecule has 2 atom stereocenters. The molecule has 2 fully saturated rings. The van der Waals surface area contributed by atoms with E-state index < -0.39 is 21.9 Å². The standard InChI is InChI=1S/C17H19N3O4S/c1-11(21)19-6-7-20(16-10-25(23,24)9-15(16)19)17(22)13-3-2-12-4-5-18-14(12)8-13/h2-5,8,15-16,18H,6-7,9-10H2,1H3/t15-,16+/m0/s1. The summed E-state index contributed by atoms with van der Waals surface area (Å²) in [5.41, 5.74) is 1.39. The van der Waals surface area contributed by atoms with Gasteiger partial charge in [0.2, 0.25) is 5.91 Å². The predicted octanol–water partition coefficient (Wildman–Crippen LogP) is 0.638. The van der Waals surface area contributed by atoms with Crippen LogP contribution in [0.3, 0.4) is 0 Å². The molecule has 0 radical (unpaired) electrons. The van der Waals surface area contributed by atoms with Crippen molar-refractivity contribution in [1.29, 1.82) is 0 Å². The number of H-pyrrole nitrogens is 1. The number of aromatic nitrogens is 1. The number of nitrogens with zero attached hydrogens (tertiary/aromatic N) is 2. The highest BCUT2D eigenvalue weighted by Crippen LogP contribution is 2.28. The summed E-state index contributed by atoms with van der Waals surface area (Å²) in [6.45, 7) is 2.15. The molecule has 4 rings (SSSR count). The van der Waals surface area contributed by atoms with Gasteiger partial charge in [0.15, 0.2) is 9.84 Å². The normalized spacial score (nSPS) is 25.2. The maximum atomic E-state index is 13.0. The van der Waals surface area contributed by atoms with E-state index in [9.17, 15) is 18.0 Å². The van der Waals surface area contributed by atoms with Crippen LogP contribution < -0.4 is 0 Å². The van der Waals surface area contributed by atoms with E-state index in [4.69, 9.17) is 0 Å². The lowest BCUT2D eigenvalue weighted by atomic mass is 10.0. The van der Waals surface area contributed by atoms with E-state index in [1.165, 1.54) is 6.92 Å². The van der Waals surface area contributed by atoms with Crippen LogP contribution in [0.4, 0.5) is 0 Å². The number of nitrogens with one attached hydrogen (secondary N) is 1. The second-order valence-electron chi connectivity index (χ2n) is 6.70. The van der Waals surface area contributed by atoms with E-state index in [2.05, 4.69) is 4.98 Å². The van der Waals surface area contributed by atoms with Crippen molar-refractivity contribution in [1.82, 2.24) is 14.8 Å². The van der Waals surface area contributed by atoms with Gasteiger partial charge in [0.05, 0.1) is 23.6 Å². The zero-order valence-corrected chi connectivity index (χ0v) is 14.6. The van der Waals surface area contributed by atoms with Crippen molar-refractivity contribution in [3.63, 3.8) is 0 Å². The highest BCUT2D eigenvalue weighted by molar-refractivity contribution is 7.91. The van der Waals surface area contributed by atoms with Gasteiger partial charge in [-0.05, 0) is 23.6 Å². The Balaban J connectivity index is 1.67. The van der Waals surface area contributed by atoms with Crippen molar-refractivity contribution in [3.05, 3.63) is 36.0 Å². The summed E-state index contributed by atoms with van der Waals surface area (Å²) in [6.07, 6.45) is 1.81. The minimum absolute atomic E-state index is 0.0727. The number of benzene rings is 1. The maximum Gasteiger partial charge on any atom is 0.254 e. The van der Waals surface area contributed by atoms with Gasteiger partial charge in [-0.1, -0.05) is 6.07 Å². The van der Waals surface area contributed by atoms with Gasteiger partial charge >= 0.3 is 0 Å². The Morgan fingerprint density at radius 1 is 1.08 bits per heavy atom. The summed E-state index contributed by atoms with van der Waals surface area (Å²) in [5.74, 6) is -0.493. The van der Waals surface area contributed by atoms with Crippen LogP contribution in [-0.4, -0.2) is 71.7 Å². The first-order chi connectivity index (χ1) is 11.9. The average Bonchev–Trinajstić information content (AvgIpc) is 3.14. The minimum atomic E-state index is -3.26. The number of rotatable bonds is 1. The number of hydrogen-bond acceptors (Lipinski definition) is 4. The van der Waals surface area contributed by atoms with E-state index >= 15 is 0 Å². The Morgan fingerprint density at radius 2 is 1.76 bits per heavy atom. The molecule has 7 nitrogen and oxygen atoms in total. The summed E-state index contributed by atoms with van der Waals surface area (Å²) >= 11 is 0. The van der Waals surface area contributed by atoms with E-state index in [1.54, 1.807) is 21.9 Å². The van der Waals surface area contributed by atoms with Gasteiger partial charge < -0.3 is 14.8 Å². The van der Waals surface area contributed by atoms with Crippen molar-refractivity contribution in [2.75, 3.05) is 24.6 Å². The molecular weight excluding hydrogens is 342 g/mol. The van der Waals surface area contributed by atoms with Gasteiger partial charge in [0, 0.05) is 37.3 Å². The Hall–Kier alpha value is -2.35. The Morgan fingerprint density at radius 3 is 2.48 bits per heavy atom. The van der Waals surface area contributed by atoms with Crippen LogP contribution in [0.15, 0.2) is 30.5 Å². The fourth-order valence-electron chi connectivity index (χ4n) is 3.94. The van der Waals surface area contributed by atoms with Gasteiger partial charge in [-0.3, -0.25) is 9.59 Å². The topological polar surface area (TPSA) is 90.6 Å². The molecule has 0 spiro atoms. The quantitative estimate of drug-likeness (QED) is 0.807. The van der Waals surface area contributed by atoms with Crippen molar-refractivity contribution in [2.45, 2.75) is 19.0 Å². The third kappa shape index (κ3) is 2.70. The first-order valence-electron chi connectivity index (χ1n) is 8.21. The second-order valence-corrected chi connectivity index (χ2v) is 8.86. The molecule has 132 valence electrons. The molecule has 25 heavy (non-hydrogen) atoms. The number of amides is 2. The number of fused-ring (bicyclic) bond motifs is 2. The molecule has 3 heterocycles. The van der Waals surface area contributed by atoms with Gasteiger partial charge in [0.25, 0.3) is 5.91 Å². The highest BCUT2D eigenvalue weighted by atomic mass is 32.2. The number of piperazine rings is 1. The number of aromatic amines is 1. The van der Waals surface area contributed by atoms with Crippen LogP contribution in [0.5, 0.6) is 0 Å². The molecular formula is C17H19N3O4S. The monoisotopic (exact) mass is 361 g/mol. The molecule has 0 unspecified atom stereocenters. The summed E-state index contributed by atoms with van der Waals surface area (Å²) in [5, 5.41) is 1.01. The average molecular weight is 361 g/mol. The molecule has 2 aliphatic rings. The third-order valence-electron chi connectivity index (χ3n) is 5.14. The molecule has 1 aromatic carbocycles. The van der Waals surface area contributed by atoms with E-state index in [1.807, 2.05) is 18.3 Å². The van der Waals surface area contributed by atoms with E-state index in [0.29, 0.717) is 18.7 Å². The van der Waals surface area contributed by atoms with Crippen LogP contribution in [0.2, 0.25) is 0 Å². The lowest BCUT2D eigenvalue weighted by molar-refractivity contribution is -0.133. The number of carbonyl (C=O) groups is 2. The van der Waals surface area contributed by atoms with Crippen LogP contribution in [0, 0.1) is 0 Å². The molecule has 8 heteroatoms. The van der Waals surface area contributed by atoms with Crippen molar-refractivity contribution in [2.24, 2.45) is 0 Å². The summed E-state index contributed by atoms with van der Waals surface area (Å²) in [4.78, 5) is 31.1. The minimum Gasteiger partial charge on any atom is -0.361 e. The molecule has 0 bridgehead atoms. The summed E-state index contributed by atoms with van der Waals surface area (Å²) < 4.78 is 24.3. The van der Waals surface area contributed by atoms with Crippen LogP contribution in [0.1, 0.15) is 17.3 Å². The van der Waals surface area contributed by atoms with Gasteiger partial charge in [0.1, 0.15) is 0 Å². The third-order valence-corrected chi connectivity index (χ3v) is 6.84. The van der Waals surface area contributed by atoms with Gasteiger partial charge in [-0.25, -0.2) is 8.42 Å². The van der Waals surface area contributed by atoms with Crippen LogP contribution in [-0.2, 0) is 14.6 Å². The zero-order valence-electron chi connectivity index (χ0n) is 13.8. The first-order valence-corrected chi connectivity index (χ1v) is 10.0. The molecule has 2 saturated heterocycles. The smallest absolute Gasteiger partial charge is 0.254 e. The van der Waals surface area contributed by atoms with E-state index in [-0.39, 0.29) is 23.3 Å². The Bertz CT molecular complexity index is 965. The molecule has 2 aliphatic heterocycles. The molecule has 0 aliphatic carbocycles. The highest BCUT2D eigenvalue weighted by Gasteiger charge is 2.48. The van der Waals surface area contributed by atoms with Crippen LogP contribution >= 0.6 is 0 Å². The second kappa shape index (κ2) is 5.59. The molecule has 1 N–H and O–H groups in total. The summed E-state index contributed by atoms with van der Waals surface area (Å²) in [6, 6.07) is 6.41. The number of carbonyl (C=O) groups excluding carboxylic acids is 2. The fourth-order valence-corrected chi connectivity index (χ4v) is 5.92. The van der Waals surface area contributed by atoms with Crippen molar-refractivity contribution in [3.8, 4) is 0 Å². The molecule has 2 amide bonds. The van der Waals surface area contributed by atoms with Crippen LogP contribution in [0.25, 0.3) is 10.9 Å². The number of sulfone groups is 1. The summed E-state index contributed by atoms with van der Waals surface area (Å²) in [7, 11) is -3.26. The first kappa shape index (κ1) is 16.1. The Labute approximate surface area is 145 Å². The predicted molar refractivity (Wildman–Crippen MR) is 93.0 cm³/mol. The molecule has 2 aromatic rings. The number of hydrogen-bond donors (Lipinski definition) is 1. The molecule has 1 aromatic heterocycles. The van der Waals surface area contributed by atoms with Crippen molar-refractivity contribution >= 4 is 32.6 Å². The fraction of sp³-hybridized carbons (Fsp3) is 0.412. The lowest BCUT2D eigenvalue weighted by Gasteiger charge is -2.43. The van der Waals surface area contributed by atoms with Gasteiger partial charge in [-0.2, -0.15) is 0 Å². The molecule has 0 saturated carbocycles. The lowest BCUT2D eigenvalue weighted by Crippen LogP contribution is -2.61. The zero-order chi connectivity index (χ0) is 17.8. The Kier molecular flexibility index (Phi) is 3.61. The van der Waals surface area contributed by atoms with Gasteiger partial charge in [-0.15, -0.1) is 0 Å². The van der Waals surface area contributed by atoms with Crippen molar-refractivity contribution < 1.29 is 18.0 Å². The largest absolute Gasteiger partial charge is 0.361 e.